The first-order valence-electron chi connectivity index (χ1n) is 15.1. The Morgan fingerprint density at radius 3 is 2.56 bits per heavy atom. The van der Waals surface area contributed by atoms with Crippen LogP contribution in [0.15, 0.2) is 85.1 Å². The van der Waals surface area contributed by atoms with Crippen LogP contribution in [0.5, 0.6) is 5.75 Å². The van der Waals surface area contributed by atoms with Gasteiger partial charge in [0.15, 0.2) is 0 Å². The number of amides is 4. The topological polar surface area (TPSA) is 109 Å². The second kappa shape index (κ2) is 13.1. The van der Waals surface area contributed by atoms with E-state index < -0.39 is 12.2 Å². The zero-order valence-corrected chi connectivity index (χ0v) is 25.7. The molecule has 11 heteroatoms. The summed E-state index contributed by atoms with van der Waals surface area (Å²) in [6.07, 6.45) is 2.05. The summed E-state index contributed by atoms with van der Waals surface area (Å²) in [5.74, 6) is -0.320. The average Bonchev–Trinajstić information content (AvgIpc) is 3.38. The number of fused-ring (bicyclic) bond motifs is 2. The number of nitrogens with one attached hydrogen (secondary N) is 1. The van der Waals surface area contributed by atoms with Gasteiger partial charge in [0.2, 0.25) is 11.8 Å². The molecule has 2 N–H and O–H groups in total. The van der Waals surface area contributed by atoms with Gasteiger partial charge in [0.1, 0.15) is 18.0 Å². The number of rotatable bonds is 9. The number of aromatic hydroxyl groups is 1. The number of pyridine rings is 1. The number of phenols is 1. The first kappa shape index (κ1) is 30.4. The molecule has 0 aliphatic carbocycles. The van der Waals surface area contributed by atoms with Crippen LogP contribution < -0.4 is 5.32 Å². The first-order valence-corrected chi connectivity index (χ1v) is 15.5. The van der Waals surface area contributed by atoms with Crippen LogP contribution in [0.4, 0.5) is 4.79 Å². The first-order chi connectivity index (χ1) is 21.8. The van der Waals surface area contributed by atoms with Gasteiger partial charge in [-0.15, -0.1) is 0 Å². The maximum absolute atomic E-state index is 14.2. The van der Waals surface area contributed by atoms with E-state index in [0.29, 0.717) is 30.0 Å². The Balaban J connectivity index is 1.33. The van der Waals surface area contributed by atoms with Crippen LogP contribution in [0.3, 0.4) is 0 Å². The second-order valence-electron chi connectivity index (χ2n) is 11.4. The lowest BCUT2D eigenvalue weighted by atomic mass is 9.99. The predicted molar refractivity (Wildman–Crippen MR) is 171 cm³/mol. The number of carbonyl (C=O) groups excluding carboxylic acids is 3. The van der Waals surface area contributed by atoms with E-state index >= 15 is 0 Å². The molecule has 1 aromatic heterocycles. The van der Waals surface area contributed by atoms with Crippen molar-refractivity contribution in [2.75, 3.05) is 19.6 Å². The van der Waals surface area contributed by atoms with Crippen LogP contribution in [0.25, 0.3) is 10.9 Å². The molecule has 2 aliphatic heterocycles. The molecule has 4 aromatic rings. The van der Waals surface area contributed by atoms with E-state index in [0.717, 1.165) is 22.1 Å². The van der Waals surface area contributed by atoms with Crippen LogP contribution >= 0.6 is 11.6 Å². The summed E-state index contributed by atoms with van der Waals surface area (Å²) >= 11 is 6.70. The summed E-state index contributed by atoms with van der Waals surface area (Å²) in [4.78, 5) is 49.5. The molecular formula is C34H35ClN6O4. The maximum Gasteiger partial charge on any atom is 0.332 e. The molecule has 3 heterocycles. The van der Waals surface area contributed by atoms with Gasteiger partial charge >= 0.3 is 6.03 Å². The summed E-state index contributed by atoms with van der Waals surface area (Å²) in [5, 5.41) is 17.6. The number of aromatic nitrogens is 1. The molecule has 2 aliphatic rings. The number of carbonyl (C=O) groups is 3. The molecule has 2 saturated heterocycles. The van der Waals surface area contributed by atoms with Crippen molar-refractivity contribution < 1.29 is 19.5 Å². The van der Waals surface area contributed by atoms with E-state index in [4.69, 9.17) is 11.6 Å². The number of phenolic OH excluding ortho intramolecular Hbond substituents is 1. The molecule has 0 spiro atoms. The van der Waals surface area contributed by atoms with Gasteiger partial charge in [0.25, 0.3) is 0 Å². The van der Waals surface area contributed by atoms with Gasteiger partial charge in [-0.1, -0.05) is 73.1 Å². The van der Waals surface area contributed by atoms with Gasteiger partial charge in [0, 0.05) is 48.2 Å². The van der Waals surface area contributed by atoms with Crippen LogP contribution in [0.1, 0.15) is 30.0 Å². The zero-order valence-electron chi connectivity index (χ0n) is 25.0. The highest BCUT2D eigenvalue weighted by Crippen LogP contribution is 2.33. The van der Waals surface area contributed by atoms with Gasteiger partial charge < -0.3 is 20.2 Å². The lowest BCUT2D eigenvalue weighted by Crippen LogP contribution is -2.66. The average molecular weight is 627 g/mol. The van der Waals surface area contributed by atoms with Crippen molar-refractivity contribution in [2.24, 2.45) is 0 Å². The minimum Gasteiger partial charge on any atom is -0.508 e. The van der Waals surface area contributed by atoms with E-state index in [1.165, 1.54) is 0 Å². The third-order valence-corrected chi connectivity index (χ3v) is 8.72. The monoisotopic (exact) mass is 626 g/mol. The van der Waals surface area contributed by atoms with Gasteiger partial charge in [-0.3, -0.25) is 19.6 Å². The Kier molecular flexibility index (Phi) is 8.86. The molecule has 2 fully saturated rings. The smallest absolute Gasteiger partial charge is 0.332 e. The normalized spacial score (nSPS) is 18.4. The van der Waals surface area contributed by atoms with Gasteiger partial charge in [-0.25, -0.2) is 4.79 Å². The van der Waals surface area contributed by atoms with E-state index in [9.17, 15) is 19.5 Å². The largest absolute Gasteiger partial charge is 0.508 e. The maximum atomic E-state index is 14.2. The van der Waals surface area contributed by atoms with Gasteiger partial charge in [-0.2, -0.15) is 5.01 Å². The third kappa shape index (κ3) is 6.29. The van der Waals surface area contributed by atoms with E-state index in [1.807, 2.05) is 55.5 Å². The minimum absolute atomic E-state index is 0.0345. The molecule has 232 valence electrons. The molecular weight excluding hydrogens is 592 g/mol. The Morgan fingerprint density at radius 1 is 1.02 bits per heavy atom. The summed E-state index contributed by atoms with van der Waals surface area (Å²) < 4.78 is 0. The number of hydrogen-bond acceptors (Lipinski definition) is 6. The number of hydrazine groups is 1. The molecule has 0 unspecified atom stereocenters. The standard InChI is InChI=1S/C34H35ClN6O4/c1-2-17-39(34(45)37-19-24-7-4-3-5-8-24)40-22-31(43)41-29(18-23-10-13-26(42)14-11-23)33(44)38(21-30(40)41)20-27-28(35)15-12-25-9-6-16-36-32(25)27/h3-16,29-30,42H,2,17-22H2,1H3,(H,37,45)/t29-,30+/m0/s1. The van der Waals surface area contributed by atoms with Crippen molar-refractivity contribution in [2.45, 2.75) is 45.1 Å². The quantitative estimate of drug-likeness (QED) is 0.282. The SMILES string of the molecule is CCCN(C(=O)NCc1ccccc1)N1CC(=O)N2[C@@H](Cc3ccc(O)cc3)C(=O)N(Cc3c(Cl)ccc4cccnc34)C[C@@H]21. The predicted octanol–water partition coefficient (Wildman–Crippen LogP) is 4.55. The van der Waals surface area contributed by atoms with Crippen molar-refractivity contribution in [1.82, 2.24) is 30.1 Å². The number of piperazine rings is 1. The molecule has 6 rings (SSSR count). The molecule has 0 radical (unpaired) electrons. The molecule has 4 amide bonds. The lowest BCUT2D eigenvalue weighted by molar-refractivity contribution is -0.157. The number of nitrogens with zero attached hydrogens (tertiary/aromatic N) is 5. The van der Waals surface area contributed by atoms with Gasteiger partial charge in [-0.05, 0) is 41.8 Å². The highest BCUT2D eigenvalue weighted by Gasteiger charge is 2.52. The van der Waals surface area contributed by atoms with Crippen molar-refractivity contribution in [3.63, 3.8) is 0 Å². The van der Waals surface area contributed by atoms with E-state index in [-0.39, 0.29) is 49.7 Å². The number of urea groups is 1. The second-order valence-corrected chi connectivity index (χ2v) is 11.8. The minimum atomic E-state index is -0.816. The molecule has 0 bridgehead atoms. The number of halogens is 1. The lowest BCUT2D eigenvalue weighted by Gasteiger charge is -2.46. The Hall–Kier alpha value is -4.67. The third-order valence-electron chi connectivity index (χ3n) is 8.37. The van der Waals surface area contributed by atoms with Crippen LogP contribution in [-0.4, -0.2) is 79.6 Å². The summed E-state index contributed by atoms with van der Waals surface area (Å²) in [6, 6.07) is 22.7. The fourth-order valence-electron chi connectivity index (χ4n) is 6.19. The van der Waals surface area contributed by atoms with Crippen molar-refractivity contribution in [1.29, 1.82) is 0 Å². The van der Waals surface area contributed by atoms with E-state index in [1.54, 1.807) is 56.3 Å². The number of hydrogen-bond donors (Lipinski definition) is 2. The fraction of sp³-hybridized carbons (Fsp3) is 0.294. The van der Waals surface area contributed by atoms with Crippen LogP contribution in [0, 0.1) is 0 Å². The summed E-state index contributed by atoms with van der Waals surface area (Å²) in [7, 11) is 0. The molecule has 2 atom stereocenters. The molecule has 10 nitrogen and oxygen atoms in total. The zero-order chi connectivity index (χ0) is 31.5. The molecule has 45 heavy (non-hydrogen) atoms. The summed E-state index contributed by atoms with van der Waals surface area (Å²) in [6.45, 7) is 3.06. The van der Waals surface area contributed by atoms with Crippen molar-refractivity contribution in [3.05, 3.63) is 107 Å². The Morgan fingerprint density at radius 2 is 1.80 bits per heavy atom. The van der Waals surface area contributed by atoms with Gasteiger partial charge in [0.05, 0.1) is 18.6 Å². The van der Waals surface area contributed by atoms with Crippen molar-refractivity contribution in [3.8, 4) is 5.75 Å². The summed E-state index contributed by atoms with van der Waals surface area (Å²) in [5.41, 5.74) is 3.20. The highest BCUT2D eigenvalue weighted by molar-refractivity contribution is 6.32. The van der Waals surface area contributed by atoms with E-state index in [2.05, 4.69) is 10.3 Å². The fourth-order valence-corrected chi connectivity index (χ4v) is 6.40. The van der Waals surface area contributed by atoms with Crippen molar-refractivity contribution >= 4 is 40.3 Å². The highest BCUT2D eigenvalue weighted by atomic mass is 35.5. The molecule has 3 aromatic carbocycles. The Labute approximate surface area is 266 Å². The van der Waals surface area contributed by atoms with Crippen LogP contribution in [-0.2, 0) is 29.1 Å². The Bertz CT molecular complexity index is 1700. The number of benzene rings is 3. The van der Waals surface area contributed by atoms with Crippen LogP contribution in [0.2, 0.25) is 5.02 Å². The molecule has 0 saturated carbocycles.